The Morgan fingerprint density at radius 1 is 1.20 bits per heavy atom. The van der Waals surface area contributed by atoms with Gasteiger partial charge in [0, 0.05) is 30.4 Å². The molecule has 1 fully saturated rings. The third-order valence-electron chi connectivity index (χ3n) is 5.17. The zero-order valence-corrected chi connectivity index (χ0v) is 15.4. The summed E-state index contributed by atoms with van der Waals surface area (Å²) in [7, 11) is 0. The fourth-order valence-corrected chi connectivity index (χ4v) is 3.79. The fourth-order valence-electron chi connectivity index (χ4n) is 3.79. The Kier molecular flexibility index (Phi) is 5.16. The number of hydrogen-bond donors (Lipinski definition) is 1. The molecule has 0 spiro atoms. The highest BCUT2D eigenvalue weighted by atomic mass is 35.5. The number of benzene rings is 1. The molecule has 0 radical (unpaired) electrons. The monoisotopic (exact) mass is 360 g/mol. The Morgan fingerprint density at radius 2 is 1.92 bits per heavy atom. The minimum Gasteiger partial charge on any atom is -0.336 e. The van der Waals surface area contributed by atoms with Crippen molar-refractivity contribution in [2.45, 2.75) is 45.1 Å². The van der Waals surface area contributed by atoms with Gasteiger partial charge < -0.3 is 10.6 Å². The van der Waals surface area contributed by atoms with Crippen LogP contribution in [0, 0.1) is 6.92 Å². The quantitative estimate of drug-likeness (QED) is 0.895. The molecule has 0 bridgehead atoms. The molecule has 2 aromatic rings. The van der Waals surface area contributed by atoms with Gasteiger partial charge in [-0.1, -0.05) is 17.7 Å². The number of fused-ring (bicyclic) bond motifs is 1. The first-order chi connectivity index (χ1) is 11.6. The Hall–Kier alpha value is -1.85. The van der Waals surface area contributed by atoms with Crippen LogP contribution in [0.3, 0.4) is 0 Å². The van der Waals surface area contributed by atoms with Crippen molar-refractivity contribution in [1.29, 1.82) is 0 Å². The van der Waals surface area contributed by atoms with E-state index in [9.17, 15) is 4.79 Å². The molecule has 2 heterocycles. The molecule has 0 unspecified atom stereocenters. The van der Waals surface area contributed by atoms with Gasteiger partial charge in [0.1, 0.15) is 0 Å². The summed E-state index contributed by atoms with van der Waals surface area (Å²) in [6.07, 6.45) is 5.11. The van der Waals surface area contributed by atoms with Gasteiger partial charge >= 0.3 is 0 Å². The average molecular weight is 361 g/mol. The minimum atomic E-state index is 0. The fraction of sp³-hybridized carbons (Fsp3) is 0.474. The molecule has 1 amide bonds. The number of amides is 1. The Balaban J connectivity index is 0.00000182. The molecule has 1 aromatic carbocycles. The van der Waals surface area contributed by atoms with E-state index in [1.807, 2.05) is 9.58 Å². The van der Waals surface area contributed by atoms with Crippen molar-refractivity contribution in [3.05, 3.63) is 46.8 Å². The van der Waals surface area contributed by atoms with Crippen molar-refractivity contribution in [3.8, 4) is 5.69 Å². The molecular formula is C19H25ClN4O. The van der Waals surface area contributed by atoms with Gasteiger partial charge in [0.15, 0.2) is 5.69 Å². The van der Waals surface area contributed by atoms with Gasteiger partial charge in [-0.05, 0) is 51.2 Å². The minimum absolute atomic E-state index is 0. The maximum atomic E-state index is 13.0. The largest absolute Gasteiger partial charge is 0.336 e. The van der Waals surface area contributed by atoms with Crippen LogP contribution in [0.1, 0.15) is 46.6 Å². The molecular weight excluding hydrogens is 336 g/mol. The predicted molar refractivity (Wildman–Crippen MR) is 101 cm³/mol. The van der Waals surface area contributed by atoms with Crippen molar-refractivity contribution in [1.82, 2.24) is 14.7 Å². The van der Waals surface area contributed by atoms with Crippen molar-refractivity contribution in [2.75, 3.05) is 13.1 Å². The van der Waals surface area contributed by atoms with Crippen molar-refractivity contribution in [2.24, 2.45) is 5.73 Å². The number of aryl methyl sites for hydroxylation is 1. The number of halogens is 1. The van der Waals surface area contributed by atoms with E-state index < -0.39 is 0 Å². The van der Waals surface area contributed by atoms with E-state index in [1.165, 1.54) is 11.3 Å². The SMILES string of the molecule is Cc1ccc(-n2nc(C(=O)N3CC[C@@H](N)C3)c3c2CCCC3)cc1.Cl. The third kappa shape index (κ3) is 3.31. The van der Waals surface area contributed by atoms with Gasteiger partial charge in [0.25, 0.3) is 5.91 Å². The number of aromatic nitrogens is 2. The maximum absolute atomic E-state index is 13.0. The lowest BCUT2D eigenvalue weighted by molar-refractivity contribution is 0.0783. The zero-order chi connectivity index (χ0) is 16.7. The summed E-state index contributed by atoms with van der Waals surface area (Å²) in [5.41, 5.74) is 11.2. The van der Waals surface area contributed by atoms with Crippen LogP contribution in [0.15, 0.2) is 24.3 Å². The van der Waals surface area contributed by atoms with Crippen LogP contribution in [0.5, 0.6) is 0 Å². The number of nitrogens with two attached hydrogens (primary N) is 1. The Bertz CT molecular complexity index is 768. The molecule has 1 atom stereocenters. The molecule has 0 saturated carbocycles. The van der Waals surface area contributed by atoms with Gasteiger partial charge in [-0.2, -0.15) is 5.10 Å². The van der Waals surface area contributed by atoms with Crippen LogP contribution >= 0.6 is 12.4 Å². The maximum Gasteiger partial charge on any atom is 0.274 e. The van der Waals surface area contributed by atoms with Gasteiger partial charge in [-0.15, -0.1) is 12.4 Å². The highest BCUT2D eigenvalue weighted by Gasteiger charge is 2.31. The van der Waals surface area contributed by atoms with E-state index >= 15 is 0 Å². The third-order valence-corrected chi connectivity index (χ3v) is 5.17. The first-order valence-electron chi connectivity index (χ1n) is 8.86. The zero-order valence-electron chi connectivity index (χ0n) is 14.6. The second kappa shape index (κ2) is 7.18. The number of hydrogen-bond acceptors (Lipinski definition) is 3. The van der Waals surface area contributed by atoms with Crippen LogP contribution in [-0.2, 0) is 12.8 Å². The molecule has 1 saturated heterocycles. The van der Waals surface area contributed by atoms with Gasteiger partial charge in [0.2, 0.25) is 0 Å². The molecule has 2 N–H and O–H groups in total. The molecule has 134 valence electrons. The highest BCUT2D eigenvalue weighted by molar-refractivity contribution is 5.94. The smallest absolute Gasteiger partial charge is 0.274 e. The van der Waals surface area contributed by atoms with Crippen LogP contribution in [0.25, 0.3) is 5.69 Å². The number of likely N-dealkylation sites (tertiary alicyclic amines) is 1. The van der Waals surface area contributed by atoms with E-state index in [1.54, 1.807) is 0 Å². The number of carbonyl (C=O) groups excluding carboxylic acids is 1. The molecule has 1 aliphatic heterocycles. The molecule has 5 nitrogen and oxygen atoms in total. The van der Waals surface area contributed by atoms with Crippen LogP contribution in [0.4, 0.5) is 0 Å². The first kappa shape index (κ1) is 18.0. The normalized spacial score (nSPS) is 19.4. The molecule has 6 heteroatoms. The van der Waals surface area contributed by atoms with E-state index in [0.717, 1.165) is 49.9 Å². The summed E-state index contributed by atoms with van der Waals surface area (Å²) in [5, 5.41) is 4.75. The van der Waals surface area contributed by atoms with Gasteiger partial charge in [-0.25, -0.2) is 4.68 Å². The van der Waals surface area contributed by atoms with Crippen LogP contribution in [-0.4, -0.2) is 39.7 Å². The van der Waals surface area contributed by atoms with Gasteiger partial charge in [-0.3, -0.25) is 4.79 Å². The second-order valence-corrected chi connectivity index (χ2v) is 7.03. The lowest BCUT2D eigenvalue weighted by Gasteiger charge is -2.17. The second-order valence-electron chi connectivity index (χ2n) is 7.03. The van der Waals surface area contributed by atoms with E-state index in [-0.39, 0.29) is 24.4 Å². The average Bonchev–Trinajstić information content (AvgIpc) is 3.19. The predicted octanol–water partition coefficient (Wildman–Crippen LogP) is 2.65. The standard InChI is InChI=1S/C19H24N4O.ClH/c1-13-6-8-15(9-7-13)23-17-5-3-2-4-16(17)18(21-23)19(24)22-11-10-14(20)12-22;/h6-9,14H,2-5,10-12,20H2,1H3;1H/t14-;/m1./s1. The Labute approximate surface area is 154 Å². The highest BCUT2D eigenvalue weighted by Crippen LogP contribution is 2.28. The summed E-state index contributed by atoms with van der Waals surface area (Å²) >= 11 is 0. The molecule has 1 aromatic heterocycles. The number of carbonyl (C=O) groups is 1. The first-order valence-corrected chi connectivity index (χ1v) is 8.86. The van der Waals surface area contributed by atoms with E-state index in [0.29, 0.717) is 12.2 Å². The van der Waals surface area contributed by atoms with Crippen LogP contribution in [0.2, 0.25) is 0 Å². The van der Waals surface area contributed by atoms with Gasteiger partial charge in [0.05, 0.1) is 5.69 Å². The van der Waals surface area contributed by atoms with Crippen molar-refractivity contribution >= 4 is 18.3 Å². The topological polar surface area (TPSA) is 64.2 Å². The van der Waals surface area contributed by atoms with E-state index in [2.05, 4.69) is 31.2 Å². The summed E-state index contributed by atoms with van der Waals surface area (Å²) < 4.78 is 1.98. The molecule has 25 heavy (non-hydrogen) atoms. The van der Waals surface area contributed by atoms with E-state index in [4.69, 9.17) is 10.8 Å². The van der Waals surface area contributed by atoms with Crippen LogP contribution < -0.4 is 5.73 Å². The molecule has 2 aliphatic rings. The lowest BCUT2D eigenvalue weighted by Crippen LogP contribution is -2.32. The summed E-state index contributed by atoms with van der Waals surface area (Å²) in [6, 6.07) is 8.44. The summed E-state index contributed by atoms with van der Waals surface area (Å²) in [5.74, 6) is 0.0481. The summed E-state index contributed by atoms with van der Waals surface area (Å²) in [6.45, 7) is 3.46. The van der Waals surface area contributed by atoms with Crippen molar-refractivity contribution in [3.63, 3.8) is 0 Å². The Morgan fingerprint density at radius 3 is 2.60 bits per heavy atom. The summed E-state index contributed by atoms with van der Waals surface area (Å²) in [4.78, 5) is 14.8. The number of nitrogens with zero attached hydrogens (tertiary/aromatic N) is 3. The van der Waals surface area contributed by atoms with Crippen molar-refractivity contribution < 1.29 is 4.79 Å². The lowest BCUT2D eigenvalue weighted by atomic mass is 9.95. The number of rotatable bonds is 2. The molecule has 1 aliphatic carbocycles. The molecule has 4 rings (SSSR count).